The summed E-state index contributed by atoms with van der Waals surface area (Å²) in [5, 5.41) is 0. The monoisotopic (exact) mass is 282 g/mol. The molecule has 0 radical (unpaired) electrons. The number of hydrogen-bond acceptors (Lipinski definition) is 2. The topological polar surface area (TPSA) is 45.8 Å². The summed E-state index contributed by atoms with van der Waals surface area (Å²) < 4.78 is 14.0. The zero-order valence-electron chi connectivity index (χ0n) is 8.42. The smallest absolute Gasteiger partial charge is 0.287 e. The quantitative estimate of drug-likeness (QED) is 0.874. The molecule has 0 aliphatic carbocycles. The number of nitrogens with one attached hydrogen (secondary N) is 1. The molecule has 1 heterocycles. The highest BCUT2D eigenvalue weighted by atomic mass is 79.9. The molecule has 0 unspecified atom stereocenters. The van der Waals surface area contributed by atoms with Crippen LogP contribution in [0.15, 0.2) is 33.5 Å². The SMILES string of the molecule is Cc1nc(-c2cccc(Br)c2)[nH]c(=O)c1F. The number of halogens is 2. The van der Waals surface area contributed by atoms with Gasteiger partial charge in [0, 0.05) is 10.0 Å². The van der Waals surface area contributed by atoms with Crippen molar-refractivity contribution in [2.45, 2.75) is 6.92 Å². The molecular formula is C11H8BrFN2O. The maximum atomic E-state index is 13.1. The summed E-state index contributed by atoms with van der Waals surface area (Å²) in [6.07, 6.45) is 0. The summed E-state index contributed by atoms with van der Waals surface area (Å²) in [7, 11) is 0. The summed E-state index contributed by atoms with van der Waals surface area (Å²) in [6.45, 7) is 1.46. The van der Waals surface area contributed by atoms with Gasteiger partial charge in [-0.25, -0.2) is 4.98 Å². The summed E-state index contributed by atoms with van der Waals surface area (Å²) in [5.41, 5.74) is 0.0794. The lowest BCUT2D eigenvalue weighted by atomic mass is 10.2. The Bertz CT molecular complexity index is 595. The molecule has 2 aromatic rings. The van der Waals surface area contributed by atoms with Crippen LogP contribution in [-0.2, 0) is 0 Å². The van der Waals surface area contributed by atoms with Crippen molar-refractivity contribution in [3.63, 3.8) is 0 Å². The van der Waals surface area contributed by atoms with Gasteiger partial charge in [0.2, 0.25) is 5.82 Å². The number of rotatable bonds is 1. The van der Waals surface area contributed by atoms with Crippen LogP contribution in [0.5, 0.6) is 0 Å². The molecule has 16 heavy (non-hydrogen) atoms. The molecule has 0 amide bonds. The van der Waals surface area contributed by atoms with Gasteiger partial charge in [-0.3, -0.25) is 4.79 Å². The Morgan fingerprint density at radius 3 is 2.81 bits per heavy atom. The van der Waals surface area contributed by atoms with Crippen LogP contribution in [0.2, 0.25) is 0 Å². The van der Waals surface area contributed by atoms with Crippen LogP contribution in [-0.4, -0.2) is 9.97 Å². The van der Waals surface area contributed by atoms with Crippen molar-refractivity contribution in [3.05, 3.63) is 50.6 Å². The Morgan fingerprint density at radius 2 is 2.19 bits per heavy atom. The fourth-order valence-electron chi connectivity index (χ4n) is 1.34. The van der Waals surface area contributed by atoms with E-state index >= 15 is 0 Å². The normalized spacial score (nSPS) is 10.4. The lowest BCUT2D eigenvalue weighted by molar-refractivity contribution is 0.589. The minimum atomic E-state index is -0.834. The molecule has 0 aliphatic rings. The summed E-state index contributed by atoms with van der Waals surface area (Å²) in [5.74, 6) is -0.469. The zero-order chi connectivity index (χ0) is 11.7. The van der Waals surface area contributed by atoms with E-state index in [0.717, 1.165) is 10.0 Å². The number of aromatic amines is 1. The van der Waals surface area contributed by atoms with Crippen LogP contribution in [0, 0.1) is 12.7 Å². The fourth-order valence-corrected chi connectivity index (χ4v) is 1.74. The maximum Gasteiger partial charge on any atom is 0.287 e. The van der Waals surface area contributed by atoms with Gasteiger partial charge in [0.05, 0.1) is 5.69 Å². The van der Waals surface area contributed by atoms with Crippen LogP contribution in [0.3, 0.4) is 0 Å². The minimum absolute atomic E-state index is 0.0960. The van der Waals surface area contributed by atoms with Crippen LogP contribution in [0.25, 0.3) is 11.4 Å². The molecule has 0 fully saturated rings. The lowest BCUT2D eigenvalue weighted by Crippen LogP contribution is -2.15. The zero-order valence-corrected chi connectivity index (χ0v) is 10.0. The Kier molecular flexibility index (Phi) is 2.87. The van der Waals surface area contributed by atoms with Crippen molar-refractivity contribution in [2.24, 2.45) is 0 Å². The minimum Gasteiger partial charge on any atom is -0.304 e. The van der Waals surface area contributed by atoms with Crippen LogP contribution in [0.1, 0.15) is 5.69 Å². The van der Waals surface area contributed by atoms with Crippen LogP contribution >= 0.6 is 15.9 Å². The van der Waals surface area contributed by atoms with Gasteiger partial charge in [-0.05, 0) is 19.1 Å². The van der Waals surface area contributed by atoms with Gasteiger partial charge in [-0.1, -0.05) is 28.1 Å². The van der Waals surface area contributed by atoms with E-state index in [9.17, 15) is 9.18 Å². The van der Waals surface area contributed by atoms with E-state index < -0.39 is 11.4 Å². The first kappa shape index (κ1) is 11.0. The number of benzene rings is 1. The third-order valence-corrected chi connectivity index (χ3v) is 2.62. The van der Waals surface area contributed by atoms with Crippen molar-refractivity contribution in [1.29, 1.82) is 0 Å². The van der Waals surface area contributed by atoms with E-state index in [1.807, 2.05) is 12.1 Å². The van der Waals surface area contributed by atoms with Gasteiger partial charge in [0.1, 0.15) is 5.82 Å². The molecule has 1 N–H and O–H groups in total. The van der Waals surface area contributed by atoms with E-state index in [2.05, 4.69) is 25.9 Å². The van der Waals surface area contributed by atoms with E-state index in [1.54, 1.807) is 12.1 Å². The molecule has 82 valence electrons. The van der Waals surface area contributed by atoms with Gasteiger partial charge < -0.3 is 4.98 Å². The molecule has 2 rings (SSSR count). The highest BCUT2D eigenvalue weighted by Crippen LogP contribution is 2.19. The highest BCUT2D eigenvalue weighted by Gasteiger charge is 2.08. The van der Waals surface area contributed by atoms with Gasteiger partial charge in [-0.15, -0.1) is 0 Å². The van der Waals surface area contributed by atoms with E-state index in [-0.39, 0.29) is 5.69 Å². The predicted octanol–water partition coefficient (Wildman–Crippen LogP) is 2.65. The molecule has 1 aromatic heterocycles. The first-order valence-corrected chi connectivity index (χ1v) is 5.39. The molecule has 1 aromatic carbocycles. The molecule has 0 aliphatic heterocycles. The molecule has 0 spiro atoms. The van der Waals surface area contributed by atoms with Crippen molar-refractivity contribution in [1.82, 2.24) is 9.97 Å². The second-order valence-corrected chi connectivity index (χ2v) is 4.24. The van der Waals surface area contributed by atoms with Crippen molar-refractivity contribution in [3.8, 4) is 11.4 Å². The van der Waals surface area contributed by atoms with Gasteiger partial charge in [-0.2, -0.15) is 4.39 Å². The van der Waals surface area contributed by atoms with Crippen molar-refractivity contribution < 1.29 is 4.39 Å². The predicted molar refractivity (Wildman–Crippen MR) is 62.7 cm³/mol. The average Bonchev–Trinajstić information content (AvgIpc) is 2.25. The standard InChI is InChI=1S/C11H8BrFN2O/c1-6-9(13)11(16)15-10(14-6)7-3-2-4-8(12)5-7/h2-5H,1H3,(H,14,15,16). The van der Waals surface area contributed by atoms with Gasteiger partial charge in [0.15, 0.2) is 0 Å². The molecule has 0 saturated heterocycles. The van der Waals surface area contributed by atoms with Crippen molar-refractivity contribution >= 4 is 15.9 Å². The van der Waals surface area contributed by atoms with Crippen molar-refractivity contribution in [2.75, 3.05) is 0 Å². The Balaban J connectivity index is 2.61. The van der Waals surface area contributed by atoms with Gasteiger partial charge >= 0.3 is 0 Å². The molecule has 0 bridgehead atoms. The Hall–Kier alpha value is -1.49. The average molecular weight is 283 g/mol. The number of aromatic nitrogens is 2. The molecular weight excluding hydrogens is 275 g/mol. The molecule has 0 atom stereocenters. The molecule has 0 saturated carbocycles. The highest BCUT2D eigenvalue weighted by molar-refractivity contribution is 9.10. The van der Waals surface area contributed by atoms with Gasteiger partial charge in [0.25, 0.3) is 5.56 Å². The second kappa shape index (κ2) is 4.17. The first-order chi connectivity index (χ1) is 7.58. The third-order valence-electron chi connectivity index (χ3n) is 2.13. The fraction of sp³-hybridized carbons (Fsp3) is 0.0909. The van der Waals surface area contributed by atoms with E-state index in [1.165, 1.54) is 6.92 Å². The summed E-state index contributed by atoms with van der Waals surface area (Å²) in [4.78, 5) is 17.6. The third kappa shape index (κ3) is 2.04. The largest absolute Gasteiger partial charge is 0.304 e. The van der Waals surface area contributed by atoms with Crippen LogP contribution < -0.4 is 5.56 Å². The second-order valence-electron chi connectivity index (χ2n) is 3.32. The number of nitrogens with zero attached hydrogens (tertiary/aromatic N) is 1. The van der Waals surface area contributed by atoms with Crippen LogP contribution in [0.4, 0.5) is 4.39 Å². The van der Waals surface area contributed by atoms with E-state index in [4.69, 9.17) is 0 Å². The summed E-state index contributed by atoms with van der Waals surface area (Å²) >= 11 is 3.32. The number of hydrogen-bond donors (Lipinski definition) is 1. The molecule has 5 heteroatoms. The maximum absolute atomic E-state index is 13.1. The first-order valence-electron chi connectivity index (χ1n) is 4.60. The number of H-pyrrole nitrogens is 1. The molecule has 3 nitrogen and oxygen atoms in total. The van der Waals surface area contributed by atoms with E-state index in [0.29, 0.717) is 5.82 Å². The number of aryl methyl sites for hydroxylation is 1. The Morgan fingerprint density at radius 1 is 1.44 bits per heavy atom. The Labute approximate surface area is 99.5 Å². The summed E-state index contributed by atoms with van der Waals surface area (Å²) in [6, 6.07) is 7.27. The lowest BCUT2D eigenvalue weighted by Gasteiger charge is -2.03.